The molecule has 1 atom stereocenters. The lowest BCUT2D eigenvalue weighted by Crippen LogP contribution is -2.04. The number of hydrogen-bond donors (Lipinski definition) is 0. The minimum atomic E-state index is 0.174. The van der Waals surface area contributed by atoms with Crippen molar-refractivity contribution in [3.8, 4) is 17.2 Å². The van der Waals surface area contributed by atoms with Gasteiger partial charge >= 0.3 is 0 Å². The average Bonchev–Trinajstić information content (AvgIpc) is 3.21. The summed E-state index contributed by atoms with van der Waals surface area (Å²) in [6, 6.07) is 5.31. The zero-order valence-corrected chi connectivity index (χ0v) is 13.8. The van der Waals surface area contributed by atoms with Gasteiger partial charge in [-0.2, -0.15) is 0 Å². The van der Waals surface area contributed by atoms with Crippen LogP contribution in [0.15, 0.2) is 22.6 Å². The Balaban J connectivity index is 1.58. The number of rotatable bonds is 3. The SMILES string of the molecule is COc1cc(Cl)ccc1-c1nnc(C2CCc3nnnn3CC2)o1. The number of aryl methyl sites for hydroxylation is 2. The minimum Gasteiger partial charge on any atom is -0.496 e. The number of fused-ring (bicyclic) bond motifs is 1. The van der Waals surface area contributed by atoms with Crippen molar-refractivity contribution in [3.05, 3.63) is 34.9 Å². The van der Waals surface area contributed by atoms with Crippen molar-refractivity contribution in [2.24, 2.45) is 0 Å². The van der Waals surface area contributed by atoms with Crippen LogP contribution in [0.5, 0.6) is 5.75 Å². The van der Waals surface area contributed by atoms with Crippen LogP contribution in [0.2, 0.25) is 5.02 Å². The van der Waals surface area contributed by atoms with E-state index in [0.717, 1.165) is 37.2 Å². The molecule has 0 aliphatic carbocycles. The maximum absolute atomic E-state index is 6.00. The molecule has 2 aromatic heterocycles. The second-order valence-electron chi connectivity index (χ2n) is 5.63. The molecule has 1 aliphatic rings. The van der Waals surface area contributed by atoms with E-state index in [4.69, 9.17) is 20.8 Å². The first-order valence-electron chi connectivity index (χ1n) is 7.67. The molecule has 3 heterocycles. The van der Waals surface area contributed by atoms with Crippen LogP contribution in [0.3, 0.4) is 0 Å². The highest BCUT2D eigenvalue weighted by Crippen LogP contribution is 2.34. The number of methoxy groups -OCH3 is 1. The summed E-state index contributed by atoms with van der Waals surface area (Å²) in [5.74, 6) is 2.74. The molecule has 0 bridgehead atoms. The summed E-state index contributed by atoms with van der Waals surface area (Å²) < 4.78 is 13.1. The molecule has 0 radical (unpaired) electrons. The predicted molar refractivity (Wildman–Crippen MR) is 84.8 cm³/mol. The molecule has 1 aromatic carbocycles. The Morgan fingerprint density at radius 2 is 2.17 bits per heavy atom. The van der Waals surface area contributed by atoms with Gasteiger partial charge in [0.1, 0.15) is 5.75 Å². The van der Waals surface area contributed by atoms with Crippen molar-refractivity contribution in [1.29, 1.82) is 0 Å². The Morgan fingerprint density at radius 1 is 1.25 bits per heavy atom. The summed E-state index contributed by atoms with van der Waals surface area (Å²) in [6.07, 6.45) is 2.52. The molecule has 8 nitrogen and oxygen atoms in total. The summed E-state index contributed by atoms with van der Waals surface area (Å²) in [5.41, 5.74) is 0.730. The van der Waals surface area contributed by atoms with Crippen LogP contribution in [0.25, 0.3) is 11.5 Å². The van der Waals surface area contributed by atoms with E-state index in [1.54, 1.807) is 19.2 Å². The summed E-state index contributed by atoms with van der Waals surface area (Å²) in [6.45, 7) is 0.745. The number of hydrogen-bond acceptors (Lipinski definition) is 7. The van der Waals surface area contributed by atoms with E-state index in [2.05, 4.69) is 25.7 Å². The topological polar surface area (TPSA) is 91.8 Å². The third-order valence-electron chi connectivity index (χ3n) is 4.20. The third kappa shape index (κ3) is 2.73. The number of aromatic nitrogens is 6. The molecule has 124 valence electrons. The van der Waals surface area contributed by atoms with Crippen molar-refractivity contribution in [3.63, 3.8) is 0 Å². The van der Waals surface area contributed by atoms with Crippen LogP contribution < -0.4 is 4.74 Å². The molecule has 3 aromatic rings. The Kier molecular flexibility index (Phi) is 3.89. The van der Waals surface area contributed by atoms with Crippen LogP contribution in [-0.4, -0.2) is 37.5 Å². The molecule has 9 heteroatoms. The average molecular weight is 347 g/mol. The highest BCUT2D eigenvalue weighted by Gasteiger charge is 2.25. The molecule has 0 spiro atoms. The molecular weight excluding hydrogens is 332 g/mol. The fraction of sp³-hybridized carbons (Fsp3) is 0.400. The lowest BCUT2D eigenvalue weighted by Gasteiger charge is -2.08. The van der Waals surface area contributed by atoms with Crippen LogP contribution in [0.1, 0.15) is 30.5 Å². The van der Waals surface area contributed by atoms with Crippen LogP contribution in [-0.2, 0) is 13.0 Å². The fourth-order valence-corrected chi connectivity index (χ4v) is 3.06. The maximum atomic E-state index is 6.00. The van der Waals surface area contributed by atoms with Gasteiger partial charge in [0, 0.05) is 23.9 Å². The normalized spacial score (nSPS) is 17.3. The van der Waals surface area contributed by atoms with Gasteiger partial charge in [-0.3, -0.25) is 0 Å². The molecule has 1 aliphatic heterocycles. The number of nitrogens with zero attached hydrogens (tertiary/aromatic N) is 6. The zero-order valence-electron chi connectivity index (χ0n) is 13.0. The Labute approximate surface area is 142 Å². The number of benzene rings is 1. The summed E-state index contributed by atoms with van der Waals surface area (Å²) >= 11 is 6.00. The van der Waals surface area contributed by atoms with Crippen LogP contribution >= 0.6 is 11.6 Å². The number of halogens is 1. The number of ether oxygens (including phenoxy) is 1. The van der Waals surface area contributed by atoms with E-state index >= 15 is 0 Å². The molecule has 0 saturated heterocycles. The summed E-state index contributed by atoms with van der Waals surface area (Å²) in [7, 11) is 1.58. The molecule has 1 unspecified atom stereocenters. The monoisotopic (exact) mass is 346 g/mol. The Morgan fingerprint density at radius 3 is 3.04 bits per heavy atom. The first kappa shape index (κ1) is 15.1. The molecular formula is C15H15ClN6O2. The van der Waals surface area contributed by atoms with Crippen molar-refractivity contribution in [2.75, 3.05) is 7.11 Å². The van der Waals surface area contributed by atoms with E-state index in [0.29, 0.717) is 22.6 Å². The van der Waals surface area contributed by atoms with Gasteiger partial charge in [0.15, 0.2) is 5.82 Å². The predicted octanol–water partition coefficient (Wildman–Crippen LogP) is 2.51. The smallest absolute Gasteiger partial charge is 0.251 e. The number of tetrazole rings is 1. The van der Waals surface area contributed by atoms with E-state index in [1.807, 2.05) is 10.7 Å². The second-order valence-corrected chi connectivity index (χ2v) is 6.07. The van der Waals surface area contributed by atoms with Crippen LogP contribution in [0, 0.1) is 0 Å². The summed E-state index contributed by atoms with van der Waals surface area (Å²) in [4.78, 5) is 0. The van der Waals surface area contributed by atoms with Crippen molar-refractivity contribution < 1.29 is 9.15 Å². The standard InChI is InChI=1S/C15H15ClN6O2/c1-23-12-8-10(16)3-4-11(12)15-19-18-14(24-15)9-2-5-13-17-20-21-22(13)7-6-9/h3-4,8-9H,2,5-7H2,1H3. The van der Waals surface area contributed by atoms with Gasteiger partial charge in [-0.05, 0) is 41.5 Å². The van der Waals surface area contributed by atoms with Gasteiger partial charge in [-0.25, -0.2) is 4.68 Å². The van der Waals surface area contributed by atoms with Gasteiger partial charge in [0.2, 0.25) is 5.89 Å². The first-order valence-corrected chi connectivity index (χ1v) is 8.04. The van der Waals surface area contributed by atoms with Gasteiger partial charge in [-0.15, -0.1) is 15.3 Å². The minimum absolute atomic E-state index is 0.174. The summed E-state index contributed by atoms with van der Waals surface area (Å²) in [5, 5.41) is 20.7. The largest absolute Gasteiger partial charge is 0.496 e. The van der Waals surface area contributed by atoms with E-state index in [1.165, 1.54) is 0 Å². The van der Waals surface area contributed by atoms with Gasteiger partial charge in [-0.1, -0.05) is 11.6 Å². The second kappa shape index (κ2) is 6.20. The molecule has 0 fully saturated rings. The molecule has 4 rings (SSSR count). The maximum Gasteiger partial charge on any atom is 0.251 e. The zero-order chi connectivity index (χ0) is 16.5. The molecule has 24 heavy (non-hydrogen) atoms. The lowest BCUT2D eigenvalue weighted by atomic mass is 10.0. The van der Waals surface area contributed by atoms with Crippen LogP contribution in [0.4, 0.5) is 0 Å². The third-order valence-corrected chi connectivity index (χ3v) is 4.43. The van der Waals surface area contributed by atoms with Crippen molar-refractivity contribution in [2.45, 2.75) is 31.7 Å². The quantitative estimate of drug-likeness (QED) is 0.719. The Bertz CT molecular complexity index is 839. The van der Waals surface area contributed by atoms with E-state index in [9.17, 15) is 0 Å². The highest BCUT2D eigenvalue weighted by molar-refractivity contribution is 6.30. The molecule has 0 N–H and O–H groups in total. The van der Waals surface area contributed by atoms with Crippen molar-refractivity contribution >= 4 is 11.6 Å². The molecule has 0 amide bonds. The lowest BCUT2D eigenvalue weighted by molar-refractivity contribution is 0.403. The highest BCUT2D eigenvalue weighted by atomic mass is 35.5. The fourth-order valence-electron chi connectivity index (χ4n) is 2.90. The van der Waals surface area contributed by atoms with E-state index < -0.39 is 0 Å². The first-order chi connectivity index (χ1) is 11.7. The Hall–Kier alpha value is -2.48. The van der Waals surface area contributed by atoms with E-state index in [-0.39, 0.29) is 5.92 Å². The molecule has 0 saturated carbocycles. The van der Waals surface area contributed by atoms with Gasteiger partial charge in [0.05, 0.1) is 12.7 Å². The van der Waals surface area contributed by atoms with Gasteiger partial charge in [0.25, 0.3) is 5.89 Å². The van der Waals surface area contributed by atoms with Gasteiger partial charge < -0.3 is 9.15 Å². The van der Waals surface area contributed by atoms with Crippen molar-refractivity contribution in [1.82, 2.24) is 30.4 Å².